The minimum absolute atomic E-state index is 0.565. The zero-order valence-electron chi connectivity index (χ0n) is 16.7. The van der Waals surface area contributed by atoms with Crippen LogP contribution in [0.25, 0.3) is 0 Å². The van der Waals surface area contributed by atoms with Gasteiger partial charge in [0.2, 0.25) is 0 Å². The first kappa shape index (κ1) is 18.8. The average molecular weight is 370 g/mol. The van der Waals surface area contributed by atoms with E-state index >= 15 is 0 Å². The lowest BCUT2D eigenvalue weighted by molar-refractivity contribution is 0.197. The molecule has 5 heteroatoms. The third-order valence-corrected chi connectivity index (χ3v) is 6.39. The van der Waals surface area contributed by atoms with Gasteiger partial charge < -0.3 is 15.5 Å². The third kappa shape index (κ3) is 5.23. The first-order valence-electron chi connectivity index (χ1n) is 10.8. The maximum atomic E-state index is 4.48. The largest absolute Gasteiger partial charge is 0.355 e. The van der Waals surface area contributed by atoms with Crippen molar-refractivity contribution in [3.63, 3.8) is 0 Å². The van der Waals surface area contributed by atoms with E-state index in [0.717, 1.165) is 25.1 Å². The van der Waals surface area contributed by atoms with Crippen molar-refractivity contribution in [2.24, 2.45) is 4.99 Å². The molecular formula is C22H35N5. The Hall–Kier alpha value is -1.59. The summed E-state index contributed by atoms with van der Waals surface area (Å²) in [6, 6.07) is 12.9. The van der Waals surface area contributed by atoms with E-state index in [9.17, 15) is 0 Å². The molecule has 1 aliphatic carbocycles. The summed E-state index contributed by atoms with van der Waals surface area (Å²) in [5, 5.41) is 7.27. The molecule has 3 aliphatic rings. The van der Waals surface area contributed by atoms with Gasteiger partial charge in [-0.1, -0.05) is 30.3 Å². The highest BCUT2D eigenvalue weighted by atomic mass is 15.2. The number of aliphatic imine (C=N–C) groups is 1. The summed E-state index contributed by atoms with van der Waals surface area (Å²) in [6.07, 6.45) is 7.88. The predicted molar refractivity (Wildman–Crippen MR) is 112 cm³/mol. The molecule has 27 heavy (non-hydrogen) atoms. The van der Waals surface area contributed by atoms with Crippen LogP contribution < -0.4 is 10.6 Å². The molecule has 5 nitrogen and oxygen atoms in total. The number of nitrogens with one attached hydrogen (secondary N) is 2. The molecule has 1 unspecified atom stereocenters. The third-order valence-electron chi connectivity index (χ3n) is 6.39. The van der Waals surface area contributed by atoms with Crippen LogP contribution in [0.1, 0.15) is 44.1 Å². The van der Waals surface area contributed by atoms with Gasteiger partial charge in [-0.3, -0.25) is 9.89 Å². The monoisotopic (exact) mass is 369 g/mol. The lowest BCUT2D eigenvalue weighted by atomic mass is 10.1. The van der Waals surface area contributed by atoms with Crippen molar-refractivity contribution in [3.05, 3.63) is 35.9 Å². The Morgan fingerprint density at radius 1 is 1.04 bits per heavy atom. The summed E-state index contributed by atoms with van der Waals surface area (Å²) in [5.41, 5.74) is 1.41. The maximum Gasteiger partial charge on any atom is 0.191 e. The van der Waals surface area contributed by atoms with Gasteiger partial charge in [-0.25, -0.2) is 0 Å². The van der Waals surface area contributed by atoms with Gasteiger partial charge in [-0.05, 0) is 50.6 Å². The molecule has 3 fully saturated rings. The molecule has 2 saturated heterocycles. The highest BCUT2D eigenvalue weighted by Crippen LogP contribution is 2.29. The Bertz CT molecular complexity index is 604. The Labute approximate surface area is 164 Å². The van der Waals surface area contributed by atoms with Crippen molar-refractivity contribution in [1.29, 1.82) is 0 Å². The Balaban J connectivity index is 1.21. The molecule has 4 rings (SSSR count). The Kier molecular flexibility index (Phi) is 6.30. The number of hydrogen-bond acceptors (Lipinski definition) is 3. The van der Waals surface area contributed by atoms with E-state index in [1.807, 2.05) is 7.05 Å². The van der Waals surface area contributed by atoms with Gasteiger partial charge >= 0.3 is 0 Å². The van der Waals surface area contributed by atoms with E-state index in [1.54, 1.807) is 0 Å². The molecule has 1 aromatic rings. The number of likely N-dealkylation sites (tertiary alicyclic amines) is 2. The summed E-state index contributed by atoms with van der Waals surface area (Å²) >= 11 is 0. The summed E-state index contributed by atoms with van der Waals surface area (Å²) in [5.74, 6) is 0.978. The van der Waals surface area contributed by atoms with Crippen molar-refractivity contribution in [3.8, 4) is 0 Å². The second-order valence-corrected chi connectivity index (χ2v) is 8.39. The van der Waals surface area contributed by atoms with Crippen molar-refractivity contribution < 1.29 is 0 Å². The first-order chi connectivity index (χ1) is 13.3. The fourth-order valence-electron chi connectivity index (χ4n) is 4.60. The van der Waals surface area contributed by atoms with Gasteiger partial charge in [0.05, 0.1) is 0 Å². The summed E-state index contributed by atoms with van der Waals surface area (Å²) in [4.78, 5) is 9.77. The fraction of sp³-hybridized carbons (Fsp3) is 0.682. The number of rotatable bonds is 6. The number of guanidine groups is 1. The Morgan fingerprint density at radius 2 is 1.81 bits per heavy atom. The maximum absolute atomic E-state index is 4.48. The Morgan fingerprint density at radius 3 is 2.52 bits per heavy atom. The van der Waals surface area contributed by atoms with Gasteiger partial charge in [-0.15, -0.1) is 0 Å². The smallest absolute Gasteiger partial charge is 0.191 e. The van der Waals surface area contributed by atoms with Gasteiger partial charge in [0, 0.05) is 51.4 Å². The van der Waals surface area contributed by atoms with E-state index < -0.39 is 0 Å². The molecule has 2 heterocycles. The van der Waals surface area contributed by atoms with Gasteiger partial charge in [0.15, 0.2) is 5.96 Å². The lowest BCUT2D eigenvalue weighted by Gasteiger charge is -2.33. The molecule has 0 spiro atoms. The highest BCUT2D eigenvalue weighted by Gasteiger charge is 2.32. The normalized spacial score (nSPS) is 25.7. The predicted octanol–water partition coefficient (Wildman–Crippen LogP) is 2.44. The molecule has 1 atom stereocenters. The minimum Gasteiger partial charge on any atom is -0.355 e. The van der Waals surface area contributed by atoms with Crippen LogP contribution in [0.4, 0.5) is 0 Å². The van der Waals surface area contributed by atoms with E-state index in [-0.39, 0.29) is 0 Å². The van der Waals surface area contributed by atoms with E-state index in [4.69, 9.17) is 0 Å². The molecule has 2 N–H and O–H groups in total. The quantitative estimate of drug-likeness (QED) is 0.597. The summed E-state index contributed by atoms with van der Waals surface area (Å²) in [7, 11) is 1.89. The van der Waals surface area contributed by atoms with Crippen LogP contribution in [0.3, 0.4) is 0 Å². The van der Waals surface area contributed by atoms with Crippen LogP contribution in [-0.2, 0) is 6.54 Å². The zero-order valence-corrected chi connectivity index (χ0v) is 16.7. The molecule has 0 aromatic heterocycles. The number of hydrogen-bond donors (Lipinski definition) is 2. The molecule has 1 aromatic carbocycles. The highest BCUT2D eigenvalue weighted by molar-refractivity contribution is 5.80. The number of nitrogens with zero attached hydrogens (tertiary/aromatic N) is 3. The van der Waals surface area contributed by atoms with Crippen LogP contribution in [0.15, 0.2) is 35.3 Å². The second kappa shape index (κ2) is 9.07. The van der Waals surface area contributed by atoms with Crippen LogP contribution in [-0.4, -0.2) is 67.1 Å². The fourth-order valence-corrected chi connectivity index (χ4v) is 4.60. The van der Waals surface area contributed by atoms with Gasteiger partial charge in [0.1, 0.15) is 0 Å². The molecule has 148 valence electrons. The summed E-state index contributed by atoms with van der Waals surface area (Å²) < 4.78 is 0. The number of piperidine rings is 1. The minimum atomic E-state index is 0.565. The van der Waals surface area contributed by atoms with Gasteiger partial charge in [-0.2, -0.15) is 0 Å². The van der Waals surface area contributed by atoms with Gasteiger partial charge in [0.25, 0.3) is 0 Å². The zero-order chi connectivity index (χ0) is 18.5. The lowest BCUT2D eigenvalue weighted by Crippen LogP contribution is -2.51. The number of benzene rings is 1. The summed E-state index contributed by atoms with van der Waals surface area (Å²) in [6.45, 7) is 5.72. The standard InChI is InChI=1S/C22H35N5/c1-23-22(25-19-11-14-26(15-12-19)20-9-10-20)24-16-21-8-5-13-27(21)17-18-6-3-2-4-7-18/h2-4,6-7,19-21H,5,8-17H2,1H3,(H2,23,24,25). The molecule has 2 aliphatic heterocycles. The topological polar surface area (TPSA) is 42.9 Å². The molecular weight excluding hydrogens is 334 g/mol. The van der Waals surface area contributed by atoms with Crippen molar-refractivity contribution in [2.45, 2.75) is 63.2 Å². The van der Waals surface area contributed by atoms with Crippen LogP contribution in [0, 0.1) is 0 Å². The van der Waals surface area contributed by atoms with Crippen molar-refractivity contribution in [2.75, 3.05) is 33.2 Å². The molecule has 1 saturated carbocycles. The second-order valence-electron chi connectivity index (χ2n) is 8.39. The molecule has 0 bridgehead atoms. The average Bonchev–Trinajstić information content (AvgIpc) is 3.47. The van der Waals surface area contributed by atoms with Crippen molar-refractivity contribution in [1.82, 2.24) is 20.4 Å². The SMILES string of the molecule is CN=C(NCC1CCCN1Cc1ccccc1)NC1CCN(C2CC2)CC1. The van der Waals surface area contributed by atoms with Crippen LogP contribution in [0.5, 0.6) is 0 Å². The molecule has 0 amide bonds. The first-order valence-corrected chi connectivity index (χ1v) is 10.8. The van der Waals surface area contributed by atoms with E-state index in [0.29, 0.717) is 12.1 Å². The van der Waals surface area contributed by atoms with E-state index in [2.05, 4.69) is 55.8 Å². The van der Waals surface area contributed by atoms with Crippen LogP contribution >= 0.6 is 0 Å². The van der Waals surface area contributed by atoms with Crippen molar-refractivity contribution >= 4 is 5.96 Å². The van der Waals surface area contributed by atoms with E-state index in [1.165, 1.54) is 63.7 Å². The molecule has 0 radical (unpaired) electrons. The van der Waals surface area contributed by atoms with Crippen LogP contribution in [0.2, 0.25) is 0 Å².